The maximum absolute atomic E-state index is 5.83. The maximum Gasteiger partial charge on any atom is 0.120 e. The lowest BCUT2D eigenvalue weighted by Gasteiger charge is -2.25. The molecular formula is C11H17N3. The predicted octanol–water partition coefficient (Wildman–Crippen LogP) is 2.70. The van der Waals surface area contributed by atoms with E-state index in [-0.39, 0.29) is 5.54 Å². The van der Waals surface area contributed by atoms with Gasteiger partial charge in [-0.25, -0.2) is 0 Å². The molecule has 0 aliphatic carbocycles. The van der Waals surface area contributed by atoms with E-state index in [0.717, 1.165) is 23.1 Å². The Labute approximate surface area is 83.9 Å². The molecule has 0 radical (unpaired) electrons. The van der Waals surface area contributed by atoms with Crippen molar-refractivity contribution >= 4 is 16.7 Å². The van der Waals surface area contributed by atoms with E-state index in [0.29, 0.717) is 0 Å². The second kappa shape index (κ2) is 2.80. The van der Waals surface area contributed by atoms with Gasteiger partial charge in [-0.2, -0.15) is 0 Å². The molecule has 0 saturated heterocycles. The summed E-state index contributed by atoms with van der Waals surface area (Å²) in [7, 11) is 0. The zero-order valence-corrected chi connectivity index (χ0v) is 8.96. The first kappa shape index (κ1) is 9.19. The molecule has 2 aromatic rings. The lowest BCUT2D eigenvalue weighted by Crippen LogP contribution is -2.24. The van der Waals surface area contributed by atoms with E-state index in [1.807, 2.05) is 6.20 Å². The Kier molecular flexibility index (Phi) is 1.84. The topological polar surface area (TPSA) is 46.7 Å². The van der Waals surface area contributed by atoms with Gasteiger partial charge in [0.05, 0.1) is 5.69 Å². The van der Waals surface area contributed by atoms with Crippen molar-refractivity contribution in [3.8, 4) is 0 Å². The quantitative estimate of drug-likeness (QED) is 0.753. The van der Waals surface area contributed by atoms with Crippen LogP contribution in [0.15, 0.2) is 18.5 Å². The third-order valence-electron chi connectivity index (χ3n) is 3.08. The van der Waals surface area contributed by atoms with Crippen molar-refractivity contribution in [3.63, 3.8) is 0 Å². The molecule has 0 spiro atoms. The SMILES string of the molecule is CCC(C)(C)n1ccc2c(N)c[nH]c21. The molecule has 0 saturated carbocycles. The van der Waals surface area contributed by atoms with Crippen LogP contribution in [0.1, 0.15) is 27.2 Å². The van der Waals surface area contributed by atoms with Gasteiger partial charge in [0, 0.05) is 23.3 Å². The molecule has 0 amide bonds. The van der Waals surface area contributed by atoms with Crippen LogP contribution in [0.25, 0.3) is 11.0 Å². The summed E-state index contributed by atoms with van der Waals surface area (Å²) < 4.78 is 2.25. The summed E-state index contributed by atoms with van der Waals surface area (Å²) in [6.07, 6.45) is 5.05. The number of anilines is 1. The number of nitrogens with one attached hydrogen (secondary N) is 1. The Hall–Kier alpha value is -1.38. The summed E-state index contributed by atoms with van der Waals surface area (Å²) >= 11 is 0. The molecule has 0 atom stereocenters. The molecule has 2 aromatic heterocycles. The van der Waals surface area contributed by atoms with Crippen molar-refractivity contribution < 1.29 is 0 Å². The van der Waals surface area contributed by atoms with E-state index in [1.165, 1.54) is 0 Å². The molecular weight excluding hydrogens is 174 g/mol. The monoisotopic (exact) mass is 191 g/mol. The molecule has 0 aliphatic heterocycles. The van der Waals surface area contributed by atoms with Crippen LogP contribution < -0.4 is 5.73 Å². The van der Waals surface area contributed by atoms with E-state index in [9.17, 15) is 0 Å². The maximum atomic E-state index is 5.83. The highest BCUT2D eigenvalue weighted by Gasteiger charge is 2.20. The average molecular weight is 191 g/mol. The molecule has 3 N–H and O–H groups in total. The van der Waals surface area contributed by atoms with Gasteiger partial charge in [-0.1, -0.05) is 6.92 Å². The van der Waals surface area contributed by atoms with E-state index in [1.54, 1.807) is 0 Å². The van der Waals surface area contributed by atoms with Crippen molar-refractivity contribution in [2.24, 2.45) is 0 Å². The lowest BCUT2D eigenvalue weighted by atomic mass is 10.0. The molecule has 2 rings (SSSR count). The number of hydrogen-bond acceptors (Lipinski definition) is 1. The van der Waals surface area contributed by atoms with E-state index in [4.69, 9.17) is 5.73 Å². The summed E-state index contributed by atoms with van der Waals surface area (Å²) in [5.41, 5.74) is 7.91. The summed E-state index contributed by atoms with van der Waals surface area (Å²) in [4.78, 5) is 3.21. The van der Waals surface area contributed by atoms with Gasteiger partial charge in [-0.05, 0) is 26.3 Å². The van der Waals surface area contributed by atoms with Gasteiger partial charge in [-0.3, -0.25) is 0 Å². The zero-order valence-electron chi connectivity index (χ0n) is 8.96. The average Bonchev–Trinajstić information content (AvgIpc) is 2.69. The minimum atomic E-state index is 0.138. The number of nitrogen functional groups attached to an aromatic ring is 1. The fraction of sp³-hybridized carbons (Fsp3) is 0.455. The normalized spacial score (nSPS) is 12.5. The van der Waals surface area contributed by atoms with Crippen LogP contribution in [-0.4, -0.2) is 9.55 Å². The number of fused-ring (bicyclic) bond motifs is 1. The van der Waals surface area contributed by atoms with Crippen molar-refractivity contribution in [2.45, 2.75) is 32.7 Å². The highest BCUT2D eigenvalue weighted by atomic mass is 15.1. The van der Waals surface area contributed by atoms with Crippen molar-refractivity contribution in [2.75, 3.05) is 5.73 Å². The first-order valence-corrected chi connectivity index (χ1v) is 5.00. The van der Waals surface area contributed by atoms with Crippen LogP contribution in [0, 0.1) is 0 Å². The van der Waals surface area contributed by atoms with Crippen LogP contribution in [0.5, 0.6) is 0 Å². The number of hydrogen-bond donors (Lipinski definition) is 2. The third kappa shape index (κ3) is 1.12. The van der Waals surface area contributed by atoms with Crippen LogP contribution >= 0.6 is 0 Å². The number of nitrogens with two attached hydrogens (primary N) is 1. The largest absolute Gasteiger partial charge is 0.397 e. The predicted molar refractivity (Wildman–Crippen MR) is 60.3 cm³/mol. The molecule has 0 aliphatic rings. The second-order valence-corrected chi connectivity index (χ2v) is 4.36. The molecule has 76 valence electrons. The molecule has 0 bridgehead atoms. The summed E-state index contributed by atoms with van der Waals surface area (Å²) in [5, 5.41) is 1.12. The Balaban J connectivity index is 2.64. The number of nitrogens with zero attached hydrogens (tertiary/aromatic N) is 1. The van der Waals surface area contributed by atoms with Crippen LogP contribution in [-0.2, 0) is 5.54 Å². The van der Waals surface area contributed by atoms with Gasteiger partial charge in [0.25, 0.3) is 0 Å². The van der Waals surface area contributed by atoms with E-state index < -0.39 is 0 Å². The van der Waals surface area contributed by atoms with Crippen LogP contribution in [0.3, 0.4) is 0 Å². The Morgan fingerprint density at radius 3 is 2.86 bits per heavy atom. The van der Waals surface area contributed by atoms with E-state index >= 15 is 0 Å². The van der Waals surface area contributed by atoms with Crippen molar-refractivity contribution in [1.82, 2.24) is 9.55 Å². The van der Waals surface area contributed by atoms with Gasteiger partial charge in [0.1, 0.15) is 5.65 Å². The number of aromatic amines is 1. The minimum absolute atomic E-state index is 0.138. The zero-order chi connectivity index (χ0) is 10.3. The first-order chi connectivity index (χ1) is 6.56. The van der Waals surface area contributed by atoms with Gasteiger partial charge in [0.2, 0.25) is 0 Å². The smallest absolute Gasteiger partial charge is 0.120 e. The van der Waals surface area contributed by atoms with Gasteiger partial charge in [0.15, 0.2) is 0 Å². The number of rotatable bonds is 2. The highest BCUT2D eigenvalue weighted by molar-refractivity contribution is 5.89. The standard InChI is InChI=1S/C11H17N3/c1-4-11(2,3)14-6-5-8-9(12)7-13-10(8)14/h5-7,13H,4,12H2,1-3H3. The number of aromatic nitrogens is 2. The summed E-state index contributed by atoms with van der Waals surface area (Å²) in [6, 6.07) is 2.07. The molecule has 2 heterocycles. The molecule has 3 nitrogen and oxygen atoms in total. The summed E-state index contributed by atoms with van der Waals surface area (Å²) in [6.45, 7) is 6.64. The van der Waals surface area contributed by atoms with Crippen LogP contribution in [0.4, 0.5) is 5.69 Å². The van der Waals surface area contributed by atoms with Gasteiger partial charge < -0.3 is 15.3 Å². The van der Waals surface area contributed by atoms with Gasteiger partial charge in [-0.15, -0.1) is 0 Å². The Morgan fingerprint density at radius 1 is 1.50 bits per heavy atom. The molecule has 14 heavy (non-hydrogen) atoms. The number of H-pyrrole nitrogens is 1. The Bertz CT molecular complexity index is 448. The first-order valence-electron chi connectivity index (χ1n) is 5.00. The van der Waals surface area contributed by atoms with E-state index in [2.05, 4.69) is 42.6 Å². The summed E-state index contributed by atoms with van der Waals surface area (Å²) in [5.74, 6) is 0. The lowest BCUT2D eigenvalue weighted by molar-refractivity contribution is 0.352. The fourth-order valence-corrected chi connectivity index (χ4v) is 1.71. The molecule has 0 fully saturated rings. The highest BCUT2D eigenvalue weighted by Crippen LogP contribution is 2.28. The second-order valence-electron chi connectivity index (χ2n) is 4.36. The van der Waals surface area contributed by atoms with Crippen molar-refractivity contribution in [1.29, 1.82) is 0 Å². The van der Waals surface area contributed by atoms with Crippen LogP contribution in [0.2, 0.25) is 0 Å². The molecule has 0 aromatic carbocycles. The molecule has 3 heteroatoms. The van der Waals surface area contributed by atoms with Gasteiger partial charge >= 0.3 is 0 Å². The van der Waals surface area contributed by atoms with Crippen molar-refractivity contribution in [3.05, 3.63) is 18.5 Å². The fourth-order valence-electron chi connectivity index (χ4n) is 1.71. The minimum Gasteiger partial charge on any atom is -0.397 e. The Morgan fingerprint density at radius 2 is 2.21 bits per heavy atom. The third-order valence-corrected chi connectivity index (χ3v) is 3.08. The molecule has 0 unspecified atom stereocenters.